The van der Waals surface area contributed by atoms with Crippen LogP contribution in [0.1, 0.15) is 32.1 Å². The zero-order valence-electron chi connectivity index (χ0n) is 7.90. The summed E-state index contributed by atoms with van der Waals surface area (Å²) >= 11 is 0. The smallest absolute Gasteiger partial charge is 0.342 e. The maximum Gasteiger partial charge on any atom is 0.342 e. The van der Waals surface area contributed by atoms with Gasteiger partial charge in [0.25, 0.3) is 0 Å². The fraction of sp³-hybridized carbons (Fsp3) is 0.600. The number of rotatable bonds is 3. The van der Waals surface area contributed by atoms with Gasteiger partial charge in [-0.05, 0) is 18.8 Å². The Hall–Kier alpha value is -1.32. The molecule has 1 aliphatic rings. The molecule has 0 radical (unpaired) electrons. The van der Waals surface area contributed by atoms with E-state index >= 15 is 0 Å². The summed E-state index contributed by atoms with van der Waals surface area (Å²) in [6.07, 6.45) is 6.50. The lowest BCUT2D eigenvalue weighted by atomic mass is 9.88. The standard InChI is InChI=1S/C10H14O4/c11-9(12)8(10(13)14)6-7-4-2-1-3-5-7/h6-7H,1-5H2,(H,11,12)(H,13,14). The second-order valence-corrected chi connectivity index (χ2v) is 3.59. The molecule has 4 nitrogen and oxygen atoms in total. The number of carboxylic acid groups (broad SMARTS) is 2. The lowest BCUT2D eigenvalue weighted by Gasteiger charge is -2.18. The van der Waals surface area contributed by atoms with Crippen LogP contribution in [-0.2, 0) is 9.59 Å². The summed E-state index contributed by atoms with van der Waals surface area (Å²) in [7, 11) is 0. The molecule has 0 amide bonds. The molecule has 0 aromatic rings. The lowest BCUT2D eigenvalue weighted by Crippen LogP contribution is -2.14. The Bertz CT molecular complexity index is 245. The minimum atomic E-state index is -1.34. The van der Waals surface area contributed by atoms with E-state index in [4.69, 9.17) is 10.2 Å². The summed E-state index contributed by atoms with van der Waals surface area (Å²) in [6.45, 7) is 0. The summed E-state index contributed by atoms with van der Waals surface area (Å²) in [5, 5.41) is 17.3. The number of hydrogen-bond acceptors (Lipinski definition) is 2. The van der Waals surface area contributed by atoms with E-state index in [1.54, 1.807) is 0 Å². The Morgan fingerprint density at radius 2 is 1.50 bits per heavy atom. The van der Waals surface area contributed by atoms with E-state index in [0.717, 1.165) is 25.7 Å². The molecule has 0 aromatic heterocycles. The first kappa shape index (κ1) is 10.8. The van der Waals surface area contributed by atoms with Crippen molar-refractivity contribution in [3.63, 3.8) is 0 Å². The summed E-state index contributed by atoms with van der Waals surface area (Å²) in [6, 6.07) is 0. The first-order chi connectivity index (χ1) is 6.61. The predicted molar refractivity (Wildman–Crippen MR) is 49.9 cm³/mol. The van der Waals surface area contributed by atoms with Crippen molar-refractivity contribution in [2.45, 2.75) is 32.1 Å². The normalized spacial score (nSPS) is 17.4. The molecule has 0 bridgehead atoms. The van der Waals surface area contributed by atoms with Crippen molar-refractivity contribution in [2.24, 2.45) is 5.92 Å². The Labute approximate surface area is 82.2 Å². The van der Waals surface area contributed by atoms with E-state index in [2.05, 4.69) is 0 Å². The SMILES string of the molecule is O=C(O)C(=CC1CCCCC1)C(=O)O. The Kier molecular flexibility index (Phi) is 3.68. The van der Waals surface area contributed by atoms with Crippen LogP contribution in [0.2, 0.25) is 0 Å². The molecule has 0 heterocycles. The monoisotopic (exact) mass is 198 g/mol. The summed E-state index contributed by atoms with van der Waals surface area (Å²) in [5.74, 6) is -2.56. The second kappa shape index (κ2) is 4.79. The molecule has 1 saturated carbocycles. The van der Waals surface area contributed by atoms with Gasteiger partial charge in [0.15, 0.2) is 0 Å². The van der Waals surface area contributed by atoms with E-state index in [9.17, 15) is 9.59 Å². The van der Waals surface area contributed by atoms with Gasteiger partial charge < -0.3 is 10.2 Å². The van der Waals surface area contributed by atoms with Gasteiger partial charge in [0.05, 0.1) is 0 Å². The van der Waals surface area contributed by atoms with Crippen LogP contribution >= 0.6 is 0 Å². The molecule has 1 fully saturated rings. The van der Waals surface area contributed by atoms with Crippen LogP contribution in [0.15, 0.2) is 11.6 Å². The highest BCUT2D eigenvalue weighted by Gasteiger charge is 2.19. The minimum absolute atomic E-state index is 0.131. The van der Waals surface area contributed by atoms with E-state index in [0.29, 0.717) is 0 Å². The highest BCUT2D eigenvalue weighted by atomic mass is 16.4. The minimum Gasteiger partial charge on any atom is -0.477 e. The molecule has 4 heteroatoms. The van der Waals surface area contributed by atoms with Crippen molar-refractivity contribution in [3.05, 3.63) is 11.6 Å². The summed E-state index contributed by atoms with van der Waals surface area (Å²) < 4.78 is 0. The molecule has 0 saturated heterocycles. The Morgan fingerprint density at radius 3 is 1.93 bits per heavy atom. The molecule has 1 aliphatic carbocycles. The zero-order valence-corrected chi connectivity index (χ0v) is 7.90. The van der Waals surface area contributed by atoms with Crippen molar-refractivity contribution < 1.29 is 19.8 Å². The maximum absolute atomic E-state index is 10.6. The van der Waals surface area contributed by atoms with E-state index in [1.807, 2.05) is 0 Å². The van der Waals surface area contributed by atoms with Crippen LogP contribution in [0.5, 0.6) is 0 Å². The summed E-state index contributed by atoms with van der Waals surface area (Å²) in [5.41, 5.74) is -0.489. The molecule has 0 aromatic carbocycles. The molecule has 2 N–H and O–H groups in total. The van der Waals surface area contributed by atoms with Gasteiger partial charge >= 0.3 is 11.9 Å². The molecule has 1 rings (SSSR count). The molecule has 14 heavy (non-hydrogen) atoms. The predicted octanol–water partition coefficient (Wildman–Crippen LogP) is 1.66. The van der Waals surface area contributed by atoms with Crippen LogP contribution in [0.25, 0.3) is 0 Å². The first-order valence-electron chi connectivity index (χ1n) is 4.79. The van der Waals surface area contributed by atoms with Crippen molar-refractivity contribution in [1.82, 2.24) is 0 Å². The highest BCUT2D eigenvalue weighted by molar-refractivity contribution is 6.12. The third kappa shape index (κ3) is 2.87. The molecule has 0 spiro atoms. The Morgan fingerprint density at radius 1 is 1.00 bits per heavy atom. The molecular formula is C10H14O4. The van der Waals surface area contributed by atoms with Crippen molar-refractivity contribution in [3.8, 4) is 0 Å². The summed E-state index contributed by atoms with van der Waals surface area (Å²) in [4.78, 5) is 21.1. The average molecular weight is 198 g/mol. The fourth-order valence-corrected chi connectivity index (χ4v) is 1.77. The van der Waals surface area contributed by atoms with Crippen LogP contribution < -0.4 is 0 Å². The largest absolute Gasteiger partial charge is 0.477 e. The van der Waals surface area contributed by atoms with Crippen LogP contribution in [0.3, 0.4) is 0 Å². The number of aliphatic carboxylic acids is 2. The van der Waals surface area contributed by atoms with Crippen molar-refractivity contribution >= 4 is 11.9 Å². The van der Waals surface area contributed by atoms with Crippen molar-refractivity contribution in [1.29, 1.82) is 0 Å². The van der Waals surface area contributed by atoms with Crippen LogP contribution in [-0.4, -0.2) is 22.2 Å². The van der Waals surface area contributed by atoms with Gasteiger partial charge in [-0.2, -0.15) is 0 Å². The van der Waals surface area contributed by atoms with Gasteiger partial charge in [-0.25, -0.2) is 9.59 Å². The fourth-order valence-electron chi connectivity index (χ4n) is 1.77. The third-order valence-electron chi connectivity index (χ3n) is 2.51. The quantitative estimate of drug-likeness (QED) is 0.411. The highest BCUT2D eigenvalue weighted by Crippen LogP contribution is 2.25. The molecule has 0 atom stereocenters. The molecule has 0 aliphatic heterocycles. The topological polar surface area (TPSA) is 74.6 Å². The number of hydrogen-bond donors (Lipinski definition) is 2. The van der Waals surface area contributed by atoms with Crippen LogP contribution in [0.4, 0.5) is 0 Å². The second-order valence-electron chi connectivity index (χ2n) is 3.59. The van der Waals surface area contributed by atoms with E-state index in [-0.39, 0.29) is 5.92 Å². The van der Waals surface area contributed by atoms with Gasteiger partial charge in [-0.1, -0.05) is 25.3 Å². The molecule has 78 valence electrons. The van der Waals surface area contributed by atoms with Crippen molar-refractivity contribution in [2.75, 3.05) is 0 Å². The van der Waals surface area contributed by atoms with Gasteiger partial charge in [0.2, 0.25) is 0 Å². The van der Waals surface area contributed by atoms with E-state index in [1.165, 1.54) is 12.5 Å². The Balaban J connectivity index is 2.70. The number of carbonyl (C=O) groups is 2. The maximum atomic E-state index is 10.6. The van der Waals surface area contributed by atoms with Crippen LogP contribution in [0, 0.1) is 5.92 Å². The van der Waals surface area contributed by atoms with Gasteiger partial charge in [-0.3, -0.25) is 0 Å². The first-order valence-corrected chi connectivity index (χ1v) is 4.79. The van der Waals surface area contributed by atoms with Gasteiger partial charge in [0.1, 0.15) is 5.57 Å². The molecular weight excluding hydrogens is 184 g/mol. The van der Waals surface area contributed by atoms with Gasteiger partial charge in [-0.15, -0.1) is 0 Å². The third-order valence-corrected chi connectivity index (χ3v) is 2.51. The number of allylic oxidation sites excluding steroid dienone is 1. The zero-order chi connectivity index (χ0) is 10.6. The molecule has 0 unspecified atom stereocenters. The number of carboxylic acids is 2. The average Bonchev–Trinajstić information content (AvgIpc) is 2.15. The lowest BCUT2D eigenvalue weighted by molar-refractivity contribution is -0.140. The van der Waals surface area contributed by atoms with E-state index < -0.39 is 17.5 Å². The van der Waals surface area contributed by atoms with Gasteiger partial charge in [0, 0.05) is 0 Å².